The summed E-state index contributed by atoms with van der Waals surface area (Å²) in [6, 6.07) is 3.65. The number of aromatic nitrogens is 2. The lowest BCUT2D eigenvalue weighted by atomic mass is 10.2. The second-order valence-corrected chi connectivity index (χ2v) is 5.97. The van der Waals surface area contributed by atoms with Crippen LogP contribution in [0.1, 0.15) is 24.5 Å². The number of nitrogens with one attached hydrogen (secondary N) is 1. The fourth-order valence-electron chi connectivity index (χ4n) is 1.56. The van der Waals surface area contributed by atoms with E-state index in [9.17, 15) is 0 Å². The van der Waals surface area contributed by atoms with E-state index in [1.54, 1.807) is 17.4 Å². The number of pyridine rings is 1. The quantitative estimate of drug-likeness (QED) is 0.856. The molecule has 6 heteroatoms. The van der Waals surface area contributed by atoms with Crippen molar-refractivity contribution in [2.24, 2.45) is 5.92 Å². The molecule has 0 aliphatic heterocycles. The summed E-state index contributed by atoms with van der Waals surface area (Å²) in [5.74, 6) is 1.66. The lowest BCUT2D eigenvalue weighted by molar-refractivity contribution is 0.263. The summed E-state index contributed by atoms with van der Waals surface area (Å²) in [6.45, 7) is 7.41. The summed E-state index contributed by atoms with van der Waals surface area (Å²) < 4.78 is 5.61. The van der Waals surface area contributed by atoms with Crippen molar-refractivity contribution in [3.05, 3.63) is 28.2 Å². The van der Waals surface area contributed by atoms with Gasteiger partial charge in [0.05, 0.1) is 18.8 Å². The topological polar surface area (TPSA) is 73.1 Å². The van der Waals surface area contributed by atoms with Gasteiger partial charge in [0, 0.05) is 11.1 Å². The Balaban J connectivity index is 1.99. The van der Waals surface area contributed by atoms with E-state index in [-0.39, 0.29) is 0 Å². The Bertz CT molecular complexity index is 568. The van der Waals surface area contributed by atoms with Gasteiger partial charge in [0.1, 0.15) is 10.8 Å². The van der Waals surface area contributed by atoms with Crippen LogP contribution in [-0.4, -0.2) is 16.6 Å². The lowest BCUT2D eigenvalue weighted by Crippen LogP contribution is -2.09. The van der Waals surface area contributed by atoms with Crippen molar-refractivity contribution in [3.63, 3.8) is 0 Å². The van der Waals surface area contributed by atoms with Gasteiger partial charge in [-0.3, -0.25) is 0 Å². The third kappa shape index (κ3) is 4.09. The van der Waals surface area contributed by atoms with Gasteiger partial charge in [-0.15, -0.1) is 11.3 Å². The first-order valence-electron chi connectivity index (χ1n) is 6.59. The number of hydrogen-bond acceptors (Lipinski definition) is 6. The van der Waals surface area contributed by atoms with Gasteiger partial charge >= 0.3 is 0 Å². The van der Waals surface area contributed by atoms with Crippen LogP contribution in [0.4, 0.5) is 11.5 Å². The highest BCUT2D eigenvalue weighted by molar-refractivity contribution is 7.09. The molecule has 3 N–H and O–H groups in total. The Morgan fingerprint density at radius 2 is 2.15 bits per heavy atom. The smallest absolute Gasteiger partial charge is 0.239 e. The third-order valence-electron chi connectivity index (χ3n) is 2.53. The van der Waals surface area contributed by atoms with Gasteiger partial charge in [0.25, 0.3) is 0 Å². The van der Waals surface area contributed by atoms with E-state index in [0.29, 0.717) is 30.6 Å². The minimum atomic E-state index is 0.436. The molecule has 5 nitrogen and oxygen atoms in total. The van der Waals surface area contributed by atoms with Crippen LogP contribution in [0.25, 0.3) is 0 Å². The molecule has 2 heterocycles. The van der Waals surface area contributed by atoms with Crippen LogP contribution in [0.3, 0.4) is 0 Å². The van der Waals surface area contributed by atoms with Crippen LogP contribution in [-0.2, 0) is 6.54 Å². The van der Waals surface area contributed by atoms with Gasteiger partial charge < -0.3 is 15.8 Å². The first-order valence-corrected chi connectivity index (χ1v) is 7.46. The minimum absolute atomic E-state index is 0.436. The summed E-state index contributed by atoms with van der Waals surface area (Å²) in [5, 5.41) is 6.30. The Hall–Kier alpha value is -1.82. The molecular formula is C14H20N4OS. The van der Waals surface area contributed by atoms with E-state index >= 15 is 0 Å². The zero-order chi connectivity index (χ0) is 14.5. The standard InChI is InChI=1S/C14H20N4OS/c1-9(2)7-19-14-11(15)4-5-12(18-14)16-6-13-17-10(3)8-20-13/h4-5,8-9H,6-7,15H2,1-3H3,(H,16,18). The maximum absolute atomic E-state index is 5.86. The number of hydrogen-bond donors (Lipinski definition) is 2. The van der Waals surface area contributed by atoms with Gasteiger partial charge in [0.2, 0.25) is 5.88 Å². The SMILES string of the molecule is Cc1csc(CNc2ccc(N)c(OCC(C)C)n2)n1. The highest BCUT2D eigenvalue weighted by Crippen LogP contribution is 2.22. The highest BCUT2D eigenvalue weighted by Gasteiger charge is 2.06. The number of nitrogens with zero attached hydrogens (tertiary/aromatic N) is 2. The molecule has 2 aromatic rings. The summed E-state index contributed by atoms with van der Waals surface area (Å²) in [7, 11) is 0. The molecule has 0 saturated heterocycles. The van der Waals surface area contributed by atoms with E-state index in [1.165, 1.54) is 0 Å². The average molecular weight is 292 g/mol. The molecule has 0 amide bonds. The molecule has 2 rings (SSSR count). The fourth-order valence-corrected chi connectivity index (χ4v) is 2.27. The maximum Gasteiger partial charge on any atom is 0.239 e. The molecular weight excluding hydrogens is 272 g/mol. The predicted octanol–water partition coefficient (Wildman–Crippen LogP) is 3.08. The van der Waals surface area contributed by atoms with E-state index in [4.69, 9.17) is 10.5 Å². The number of rotatable bonds is 6. The fraction of sp³-hybridized carbons (Fsp3) is 0.429. The summed E-state index contributed by atoms with van der Waals surface area (Å²) >= 11 is 1.63. The van der Waals surface area contributed by atoms with Crippen LogP contribution in [0.2, 0.25) is 0 Å². The first-order chi connectivity index (χ1) is 9.54. The molecule has 0 aliphatic rings. The van der Waals surface area contributed by atoms with Crippen LogP contribution < -0.4 is 15.8 Å². The second-order valence-electron chi connectivity index (χ2n) is 5.03. The van der Waals surface area contributed by atoms with Gasteiger partial charge in [-0.25, -0.2) is 4.98 Å². The normalized spacial score (nSPS) is 10.8. The van der Waals surface area contributed by atoms with Crippen LogP contribution in [0.15, 0.2) is 17.5 Å². The van der Waals surface area contributed by atoms with Crippen molar-refractivity contribution in [2.45, 2.75) is 27.3 Å². The molecule has 0 fully saturated rings. The number of thiazole rings is 1. The first kappa shape index (κ1) is 14.6. The molecule has 0 saturated carbocycles. The molecule has 0 unspecified atom stereocenters. The molecule has 20 heavy (non-hydrogen) atoms. The van der Waals surface area contributed by atoms with Crippen molar-refractivity contribution >= 4 is 22.8 Å². The van der Waals surface area contributed by atoms with E-state index in [0.717, 1.165) is 16.5 Å². The van der Waals surface area contributed by atoms with Crippen LogP contribution >= 0.6 is 11.3 Å². The van der Waals surface area contributed by atoms with Crippen molar-refractivity contribution < 1.29 is 4.74 Å². The largest absolute Gasteiger partial charge is 0.476 e. The minimum Gasteiger partial charge on any atom is -0.476 e. The Morgan fingerprint density at radius 1 is 1.35 bits per heavy atom. The molecule has 0 atom stereocenters. The van der Waals surface area contributed by atoms with E-state index in [1.807, 2.05) is 18.4 Å². The van der Waals surface area contributed by atoms with Crippen LogP contribution in [0, 0.1) is 12.8 Å². The van der Waals surface area contributed by atoms with Gasteiger partial charge in [-0.2, -0.15) is 4.98 Å². The summed E-state index contributed by atoms with van der Waals surface area (Å²) in [6.07, 6.45) is 0. The monoisotopic (exact) mass is 292 g/mol. The van der Waals surface area contributed by atoms with Gasteiger partial charge in [-0.05, 0) is 25.0 Å². The Morgan fingerprint density at radius 3 is 2.80 bits per heavy atom. The van der Waals surface area contributed by atoms with Crippen molar-refractivity contribution in [3.8, 4) is 5.88 Å². The summed E-state index contributed by atoms with van der Waals surface area (Å²) in [4.78, 5) is 8.78. The Labute approximate surface area is 123 Å². The van der Waals surface area contributed by atoms with Crippen molar-refractivity contribution in [1.82, 2.24) is 9.97 Å². The molecule has 108 valence electrons. The third-order valence-corrected chi connectivity index (χ3v) is 3.50. The second kappa shape index (κ2) is 6.56. The molecule has 0 spiro atoms. The zero-order valence-electron chi connectivity index (χ0n) is 12.0. The summed E-state index contributed by atoms with van der Waals surface area (Å²) in [5.41, 5.74) is 7.46. The number of aryl methyl sites for hydroxylation is 1. The number of anilines is 2. The Kier molecular flexibility index (Phi) is 4.79. The molecule has 0 bridgehead atoms. The zero-order valence-corrected chi connectivity index (χ0v) is 12.8. The van der Waals surface area contributed by atoms with Crippen molar-refractivity contribution in [1.29, 1.82) is 0 Å². The highest BCUT2D eigenvalue weighted by atomic mass is 32.1. The van der Waals surface area contributed by atoms with Gasteiger partial charge in [-0.1, -0.05) is 13.8 Å². The molecule has 0 aliphatic carbocycles. The molecule has 0 aromatic carbocycles. The van der Waals surface area contributed by atoms with Crippen LogP contribution in [0.5, 0.6) is 5.88 Å². The number of nitrogen functional groups attached to an aromatic ring is 1. The molecule has 2 aromatic heterocycles. The predicted molar refractivity (Wildman–Crippen MR) is 83.2 cm³/mol. The maximum atomic E-state index is 5.86. The van der Waals surface area contributed by atoms with E-state index < -0.39 is 0 Å². The number of ether oxygens (including phenoxy) is 1. The lowest BCUT2D eigenvalue weighted by Gasteiger charge is -2.11. The average Bonchev–Trinajstić information content (AvgIpc) is 2.82. The van der Waals surface area contributed by atoms with Crippen molar-refractivity contribution in [2.75, 3.05) is 17.7 Å². The van der Waals surface area contributed by atoms with E-state index in [2.05, 4.69) is 29.1 Å². The molecule has 0 radical (unpaired) electrons. The van der Waals surface area contributed by atoms with Gasteiger partial charge in [0.15, 0.2) is 0 Å². The number of nitrogens with two attached hydrogens (primary N) is 1.